The lowest BCUT2D eigenvalue weighted by molar-refractivity contribution is -0.137. The molecule has 2 aromatic rings. The van der Waals surface area contributed by atoms with E-state index in [0.717, 1.165) is 12.1 Å². The molecule has 0 aliphatic carbocycles. The highest BCUT2D eigenvalue weighted by molar-refractivity contribution is 5.92. The molecule has 2 N–H and O–H groups in total. The lowest BCUT2D eigenvalue weighted by Gasteiger charge is -2.35. The fraction of sp³-hybridized carbons (Fsp3) is 0.435. The first-order valence-electron chi connectivity index (χ1n) is 10.6. The largest absolute Gasteiger partial charge is 0.493 e. The van der Waals surface area contributed by atoms with Crippen LogP contribution in [0, 0.1) is 0 Å². The number of benzene rings is 2. The van der Waals surface area contributed by atoms with Gasteiger partial charge in [0.1, 0.15) is 12.7 Å². The normalized spacial score (nSPS) is 16.3. The van der Waals surface area contributed by atoms with Crippen molar-refractivity contribution in [2.24, 2.45) is 0 Å². The number of piperazine rings is 1. The molecule has 1 saturated heterocycles. The molecule has 0 bridgehead atoms. The molecule has 1 fully saturated rings. The quantitative estimate of drug-likeness (QED) is 0.591. The highest BCUT2D eigenvalue weighted by atomic mass is 19.4. The van der Waals surface area contributed by atoms with E-state index in [1.165, 1.54) is 12.1 Å². The van der Waals surface area contributed by atoms with Crippen molar-refractivity contribution >= 4 is 11.6 Å². The number of anilines is 1. The van der Waals surface area contributed by atoms with Gasteiger partial charge in [0.05, 0.1) is 19.2 Å². The molecule has 0 spiro atoms. The number of alkyl halides is 3. The summed E-state index contributed by atoms with van der Waals surface area (Å²) < 4.78 is 48.8. The van der Waals surface area contributed by atoms with Gasteiger partial charge in [-0.25, -0.2) is 0 Å². The molecule has 1 heterocycles. The molecule has 3 rings (SSSR count). The summed E-state index contributed by atoms with van der Waals surface area (Å²) >= 11 is 0. The number of nitrogens with zero attached hydrogens (tertiary/aromatic N) is 2. The number of amides is 1. The second-order valence-electron chi connectivity index (χ2n) is 7.82. The predicted molar refractivity (Wildman–Crippen MR) is 117 cm³/mol. The lowest BCUT2D eigenvalue weighted by Crippen LogP contribution is -2.50. The monoisotopic (exact) mass is 467 g/mol. The molecule has 1 amide bonds. The van der Waals surface area contributed by atoms with E-state index in [0.29, 0.717) is 49.9 Å². The summed E-state index contributed by atoms with van der Waals surface area (Å²) in [6, 6.07) is 11.6. The number of ether oxygens (including phenoxy) is 2. The molecular weight excluding hydrogens is 439 g/mol. The van der Waals surface area contributed by atoms with Gasteiger partial charge in [-0.3, -0.25) is 14.6 Å². The number of carbonyl (C=O) groups is 1. The van der Waals surface area contributed by atoms with Crippen molar-refractivity contribution in [2.45, 2.75) is 12.3 Å². The molecule has 1 aliphatic rings. The number of rotatable bonds is 9. The molecule has 1 atom stereocenters. The fourth-order valence-electron chi connectivity index (χ4n) is 3.55. The molecule has 0 saturated carbocycles. The van der Waals surface area contributed by atoms with Crippen molar-refractivity contribution in [1.29, 1.82) is 0 Å². The summed E-state index contributed by atoms with van der Waals surface area (Å²) in [6.07, 6.45) is -5.08. The minimum absolute atomic E-state index is 0.135. The lowest BCUT2D eigenvalue weighted by atomic mass is 10.2. The van der Waals surface area contributed by atoms with Gasteiger partial charge in [-0.2, -0.15) is 13.2 Å². The molecule has 33 heavy (non-hydrogen) atoms. The van der Waals surface area contributed by atoms with Gasteiger partial charge in [-0.15, -0.1) is 0 Å². The minimum Gasteiger partial charge on any atom is -0.493 e. The Kier molecular flexibility index (Phi) is 8.54. The van der Waals surface area contributed by atoms with Crippen molar-refractivity contribution in [1.82, 2.24) is 9.80 Å². The molecule has 1 aliphatic heterocycles. The molecule has 2 aromatic carbocycles. The van der Waals surface area contributed by atoms with E-state index in [1.807, 2.05) is 17.0 Å². The maximum absolute atomic E-state index is 12.6. The van der Waals surface area contributed by atoms with Gasteiger partial charge >= 0.3 is 6.18 Å². The molecule has 0 radical (unpaired) electrons. The molecule has 10 heteroatoms. The fourth-order valence-corrected chi connectivity index (χ4v) is 3.55. The SMILES string of the molecule is COc1ccccc1OCC(O)CN1CCN(CC(=O)Nc2ccc(C(F)(F)F)cc2)CC1. The number of carbonyl (C=O) groups excluding carboxylic acids is 1. The van der Waals surface area contributed by atoms with E-state index in [9.17, 15) is 23.1 Å². The van der Waals surface area contributed by atoms with E-state index in [1.54, 1.807) is 19.2 Å². The summed E-state index contributed by atoms with van der Waals surface area (Å²) in [7, 11) is 1.56. The Hall–Kier alpha value is -2.82. The van der Waals surface area contributed by atoms with Crippen molar-refractivity contribution in [2.75, 3.05) is 58.3 Å². The Morgan fingerprint density at radius 2 is 1.64 bits per heavy atom. The smallest absolute Gasteiger partial charge is 0.416 e. The number of hydrogen-bond donors (Lipinski definition) is 2. The van der Waals surface area contributed by atoms with Crippen LogP contribution in [-0.2, 0) is 11.0 Å². The van der Waals surface area contributed by atoms with E-state index in [4.69, 9.17) is 9.47 Å². The van der Waals surface area contributed by atoms with Crippen molar-refractivity contribution in [3.63, 3.8) is 0 Å². The number of aliphatic hydroxyl groups excluding tert-OH is 1. The number of nitrogens with one attached hydrogen (secondary N) is 1. The van der Waals surface area contributed by atoms with Gasteiger partial charge < -0.3 is 19.9 Å². The zero-order valence-electron chi connectivity index (χ0n) is 18.3. The number of hydrogen-bond acceptors (Lipinski definition) is 6. The van der Waals surface area contributed by atoms with Crippen LogP contribution in [0.2, 0.25) is 0 Å². The average Bonchev–Trinajstić information content (AvgIpc) is 2.79. The van der Waals surface area contributed by atoms with Gasteiger partial charge in [0.25, 0.3) is 0 Å². The van der Waals surface area contributed by atoms with Crippen LogP contribution in [-0.4, -0.2) is 79.9 Å². The Morgan fingerprint density at radius 1 is 1.03 bits per heavy atom. The van der Waals surface area contributed by atoms with Crippen LogP contribution >= 0.6 is 0 Å². The molecule has 180 valence electrons. The van der Waals surface area contributed by atoms with Crippen molar-refractivity contribution < 1.29 is 32.5 Å². The Bertz CT molecular complexity index is 901. The molecule has 1 unspecified atom stereocenters. The average molecular weight is 467 g/mol. The second-order valence-corrected chi connectivity index (χ2v) is 7.82. The zero-order valence-corrected chi connectivity index (χ0v) is 18.3. The van der Waals surface area contributed by atoms with Crippen molar-refractivity contribution in [3.8, 4) is 11.5 Å². The highest BCUT2D eigenvalue weighted by Gasteiger charge is 2.30. The van der Waals surface area contributed by atoms with Crippen LogP contribution in [0.4, 0.5) is 18.9 Å². The van der Waals surface area contributed by atoms with Crippen LogP contribution in [0.5, 0.6) is 11.5 Å². The summed E-state index contributed by atoms with van der Waals surface area (Å²) in [4.78, 5) is 16.3. The topological polar surface area (TPSA) is 74.3 Å². The van der Waals surface area contributed by atoms with Crippen LogP contribution in [0.15, 0.2) is 48.5 Å². The van der Waals surface area contributed by atoms with Gasteiger partial charge in [-0.1, -0.05) is 12.1 Å². The van der Waals surface area contributed by atoms with E-state index in [-0.39, 0.29) is 19.1 Å². The van der Waals surface area contributed by atoms with Crippen LogP contribution < -0.4 is 14.8 Å². The number of β-amino-alcohol motifs (C(OH)–C–C–N with tert-alkyl or cyclic N) is 1. The third-order valence-electron chi connectivity index (χ3n) is 5.30. The van der Waals surface area contributed by atoms with Gasteiger partial charge in [0.2, 0.25) is 5.91 Å². The minimum atomic E-state index is -4.41. The summed E-state index contributed by atoms with van der Waals surface area (Å²) in [5.41, 5.74) is -0.433. The predicted octanol–water partition coefficient (Wildman–Crippen LogP) is 2.71. The third-order valence-corrected chi connectivity index (χ3v) is 5.30. The standard InChI is InChI=1S/C23H28F3N3O4/c1-32-20-4-2-3-5-21(20)33-16-19(30)14-28-10-12-29(13-11-28)15-22(31)27-18-8-6-17(7-9-18)23(24,25)26/h2-9,19,30H,10-16H2,1H3,(H,27,31). The summed E-state index contributed by atoms with van der Waals surface area (Å²) in [6.45, 7) is 3.37. The first-order valence-corrected chi connectivity index (χ1v) is 10.6. The first kappa shape index (κ1) is 24.8. The molecule has 0 aromatic heterocycles. The van der Waals surface area contributed by atoms with Gasteiger partial charge in [-0.05, 0) is 36.4 Å². The number of para-hydroxylation sites is 2. The summed E-state index contributed by atoms with van der Waals surface area (Å²) in [5.74, 6) is 0.893. The first-order chi connectivity index (χ1) is 15.7. The van der Waals surface area contributed by atoms with Crippen LogP contribution in [0.25, 0.3) is 0 Å². The van der Waals surface area contributed by atoms with Crippen molar-refractivity contribution in [3.05, 3.63) is 54.1 Å². The Balaban J connectivity index is 1.36. The Labute approximate surface area is 190 Å². The Morgan fingerprint density at radius 3 is 2.24 bits per heavy atom. The summed E-state index contributed by atoms with van der Waals surface area (Å²) in [5, 5.41) is 12.9. The van der Waals surface area contributed by atoms with Crippen LogP contribution in [0.3, 0.4) is 0 Å². The van der Waals surface area contributed by atoms with Gasteiger partial charge in [0.15, 0.2) is 11.5 Å². The maximum atomic E-state index is 12.6. The van der Waals surface area contributed by atoms with Gasteiger partial charge in [0, 0.05) is 38.4 Å². The number of methoxy groups -OCH3 is 1. The second kappa shape index (κ2) is 11.4. The zero-order chi connectivity index (χ0) is 23.8. The highest BCUT2D eigenvalue weighted by Crippen LogP contribution is 2.30. The van der Waals surface area contributed by atoms with E-state index in [2.05, 4.69) is 10.2 Å². The van der Waals surface area contributed by atoms with E-state index < -0.39 is 17.8 Å². The number of halogens is 3. The molecular formula is C23H28F3N3O4. The maximum Gasteiger partial charge on any atom is 0.416 e. The molecule has 7 nitrogen and oxygen atoms in total. The van der Waals surface area contributed by atoms with E-state index >= 15 is 0 Å². The third kappa shape index (κ3) is 7.62. The van der Waals surface area contributed by atoms with Crippen LogP contribution in [0.1, 0.15) is 5.56 Å². The number of aliphatic hydroxyl groups is 1.